The lowest BCUT2D eigenvalue weighted by Crippen LogP contribution is -2.10. The monoisotopic (exact) mass is 708 g/mol. The summed E-state index contributed by atoms with van der Waals surface area (Å²) in [7, 11) is 1.69. The first kappa shape index (κ1) is 35.8. The Morgan fingerprint density at radius 1 is 0.389 bits per heavy atom. The summed E-state index contributed by atoms with van der Waals surface area (Å²) < 4.78 is 10.6. The van der Waals surface area contributed by atoms with Gasteiger partial charge in [-0.3, -0.25) is 4.79 Å². The summed E-state index contributed by atoms with van der Waals surface area (Å²) in [6, 6.07) is 63.3. The first-order valence-corrected chi connectivity index (χ1v) is 18.4. The van der Waals surface area contributed by atoms with Gasteiger partial charge in [0.15, 0.2) is 0 Å². The van der Waals surface area contributed by atoms with E-state index in [1.165, 1.54) is 29.2 Å². The van der Waals surface area contributed by atoms with E-state index in [4.69, 9.17) is 9.47 Å². The Labute approximate surface area is 318 Å². The molecule has 0 spiro atoms. The van der Waals surface area contributed by atoms with E-state index in [2.05, 4.69) is 131 Å². The number of benzene rings is 7. The van der Waals surface area contributed by atoms with E-state index in [0.29, 0.717) is 5.75 Å². The van der Waals surface area contributed by atoms with Gasteiger partial charge in [-0.05, 0) is 145 Å². The van der Waals surface area contributed by atoms with Crippen molar-refractivity contribution in [2.75, 3.05) is 16.9 Å². The van der Waals surface area contributed by atoms with Gasteiger partial charge < -0.3 is 19.3 Å². The van der Waals surface area contributed by atoms with Crippen molar-refractivity contribution < 1.29 is 14.3 Å². The standard InChI is InChI=1S/C49H44N2O3/c1-37(52)54-49-35-31-47(32-36-49)51(43-11-7-4-8-12-43)45-27-23-41(24-28-45)20-18-39-15-13-38(14-16-39)17-19-40-21-25-44(26-22-40)50(42-9-5-3-6-10-42)46-29-33-48(53-2)34-30-46/h3-16,21-36H,17-20H2,1-2H3. The summed E-state index contributed by atoms with van der Waals surface area (Å²) >= 11 is 0. The SMILES string of the molecule is COc1ccc(N(c2ccccc2)c2ccc(CCc3ccc(CCc4ccc(N(c5ccccc5)c5ccc(OC(C)=O)cc5)cc4)cc3)cc2)cc1. The molecular formula is C49H44N2O3. The Morgan fingerprint density at radius 2 is 0.667 bits per heavy atom. The van der Waals surface area contributed by atoms with Crippen molar-refractivity contribution in [1.29, 1.82) is 0 Å². The highest BCUT2D eigenvalue weighted by molar-refractivity contribution is 5.78. The second kappa shape index (κ2) is 17.3. The minimum Gasteiger partial charge on any atom is -0.497 e. The van der Waals surface area contributed by atoms with Crippen molar-refractivity contribution in [3.8, 4) is 11.5 Å². The molecule has 7 aromatic carbocycles. The largest absolute Gasteiger partial charge is 0.497 e. The molecule has 7 aromatic rings. The summed E-state index contributed by atoms with van der Waals surface area (Å²) in [5, 5.41) is 0. The number of para-hydroxylation sites is 2. The fourth-order valence-electron chi connectivity index (χ4n) is 6.68. The Kier molecular flexibility index (Phi) is 11.5. The van der Waals surface area contributed by atoms with Crippen molar-refractivity contribution in [2.45, 2.75) is 32.6 Å². The number of esters is 1. The molecule has 5 heteroatoms. The predicted molar refractivity (Wildman–Crippen MR) is 221 cm³/mol. The first-order valence-electron chi connectivity index (χ1n) is 18.4. The number of ether oxygens (including phenoxy) is 2. The van der Waals surface area contributed by atoms with Crippen LogP contribution in [0.2, 0.25) is 0 Å². The lowest BCUT2D eigenvalue weighted by atomic mass is 10.00. The molecule has 0 aliphatic heterocycles. The zero-order chi connectivity index (χ0) is 37.1. The number of nitrogens with zero attached hydrogens (tertiary/aromatic N) is 2. The zero-order valence-corrected chi connectivity index (χ0v) is 30.8. The van der Waals surface area contributed by atoms with Crippen molar-refractivity contribution in [1.82, 2.24) is 0 Å². The van der Waals surface area contributed by atoms with Gasteiger partial charge in [-0.2, -0.15) is 0 Å². The van der Waals surface area contributed by atoms with Crippen LogP contribution in [-0.4, -0.2) is 13.1 Å². The lowest BCUT2D eigenvalue weighted by Gasteiger charge is -2.25. The molecule has 0 heterocycles. The van der Waals surface area contributed by atoms with Gasteiger partial charge in [-0.25, -0.2) is 0 Å². The maximum atomic E-state index is 11.4. The summed E-state index contributed by atoms with van der Waals surface area (Å²) in [5.74, 6) is 1.05. The average Bonchev–Trinajstić information content (AvgIpc) is 3.22. The lowest BCUT2D eigenvalue weighted by molar-refractivity contribution is -0.131. The van der Waals surface area contributed by atoms with Gasteiger partial charge in [0, 0.05) is 41.0 Å². The Bertz CT molecular complexity index is 2220. The van der Waals surface area contributed by atoms with Crippen molar-refractivity contribution >= 4 is 40.1 Å². The molecule has 0 saturated heterocycles. The highest BCUT2D eigenvalue weighted by atomic mass is 16.5. The molecule has 0 fully saturated rings. The third-order valence-electron chi connectivity index (χ3n) is 9.53. The molecule has 0 unspecified atom stereocenters. The van der Waals surface area contributed by atoms with Crippen LogP contribution in [0.5, 0.6) is 11.5 Å². The van der Waals surface area contributed by atoms with Crippen LogP contribution >= 0.6 is 0 Å². The molecule has 0 N–H and O–H groups in total. The highest BCUT2D eigenvalue weighted by Gasteiger charge is 2.14. The number of hydrogen-bond acceptors (Lipinski definition) is 5. The van der Waals surface area contributed by atoms with Crippen LogP contribution in [0.25, 0.3) is 0 Å². The second-order valence-electron chi connectivity index (χ2n) is 13.3. The molecule has 0 aromatic heterocycles. The van der Waals surface area contributed by atoms with Gasteiger partial charge in [-0.15, -0.1) is 0 Å². The van der Waals surface area contributed by atoms with E-state index in [-0.39, 0.29) is 5.97 Å². The topological polar surface area (TPSA) is 42.0 Å². The van der Waals surface area contributed by atoms with Gasteiger partial charge in [0.1, 0.15) is 11.5 Å². The number of anilines is 6. The van der Waals surface area contributed by atoms with Gasteiger partial charge in [-0.1, -0.05) is 84.9 Å². The normalized spacial score (nSPS) is 10.8. The van der Waals surface area contributed by atoms with Crippen LogP contribution < -0.4 is 19.3 Å². The van der Waals surface area contributed by atoms with Crippen LogP contribution in [0.3, 0.4) is 0 Å². The number of methoxy groups -OCH3 is 1. The van der Waals surface area contributed by atoms with Crippen molar-refractivity contribution in [3.05, 3.63) is 204 Å². The predicted octanol–water partition coefficient (Wildman–Crippen LogP) is 12.1. The zero-order valence-electron chi connectivity index (χ0n) is 30.8. The highest BCUT2D eigenvalue weighted by Crippen LogP contribution is 2.37. The Hall–Kier alpha value is -6.59. The first-order chi connectivity index (χ1) is 26.5. The maximum Gasteiger partial charge on any atom is 0.308 e. The fourth-order valence-corrected chi connectivity index (χ4v) is 6.68. The molecule has 5 nitrogen and oxygen atoms in total. The maximum absolute atomic E-state index is 11.4. The summed E-state index contributed by atoms with van der Waals surface area (Å²) in [6.07, 6.45) is 3.92. The fraction of sp³-hybridized carbons (Fsp3) is 0.122. The number of carbonyl (C=O) groups excluding carboxylic acids is 1. The third kappa shape index (κ3) is 9.06. The van der Waals surface area contributed by atoms with E-state index < -0.39 is 0 Å². The number of carbonyl (C=O) groups is 1. The molecule has 268 valence electrons. The van der Waals surface area contributed by atoms with E-state index in [1.807, 2.05) is 60.7 Å². The smallest absolute Gasteiger partial charge is 0.308 e. The Balaban J connectivity index is 0.954. The van der Waals surface area contributed by atoms with Gasteiger partial charge in [0.2, 0.25) is 0 Å². The van der Waals surface area contributed by atoms with Crippen LogP contribution in [0.15, 0.2) is 182 Å². The van der Waals surface area contributed by atoms with Crippen molar-refractivity contribution in [2.24, 2.45) is 0 Å². The van der Waals surface area contributed by atoms with E-state index in [1.54, 1.807) is 7.11 Å². The molecule has 0 aliphatic rings. The molecule has 0 aliphatic carbocycles. The van der Waals surface area contributed by atoms with Crippen LogP contribution in [-0.2, 0) is 30.5 Å². The average molecular weight is 709 g/mol. The van der Waals surface area contributed by atoms with E-state index in [9.17, 15) is 4.79 Å². The molecule has 0 atom stereocenters. The number of hydrogen-bond donors (Lipinski definition) is 0. The molecule has 0 bridgehead atoms. The third-order valence-corrected chi connectivity index (χ3v) is 9.53. The van der Waals surface area contributed by atoms with E-state index in [0.717, 1.165) is 65.6 Å². The van der Waals surface area contributed by atoms with Gasteiger partial charge >= 0.3 is 5.97 Å². The molecule has 0 amide bonds. The summed E-state index contributed by atoms with van der Waals surface area (Å²) in [4.78, 5) is 15.9. The minimum atomic E-state index is -0.329. The quantitative estimate of drug-likeness (QED) is 0.0831. The molecule has 7 rings (SSSR count). The van der Waals surface area contributed by atoms with E-state index >= 15 is 0 Å². The van der Waals surface area contributed by atoms with Gasteiger partial charge in [0.25, 0.3) is 0 Å². The van der Waals surface area contributed by atoms with Crippen LogP contribution in [0, 0.1) is 0 Å². The number of aryl methyl sites for hydroxylation is 4. The van der Waals surface area contributed by atoms with Crippen LogP contribution in [0.1, 0.15) is 29.2 Å². The molecular weight excluding hydrogens is 665 g/mol. The number of rotatable bonds is 14. The summed E-state index contributed by atoms with van der Waals surface area (Å²) in [5.41, 5.74) is 11.7. The van der Waals surface area contributed by atoms with Crippen LogP contribution in [0.4, 0.5) is 34.1 Å². The Morgan fingerprint density at radius 3 is 0.981 bits per heavy atom. The van der Waals surface area contributed by atoms with Gasteiger partial charge in [0.05, 0.1) is 7.11 Å². The molecule has 0 radical (unpaired) electrons. The molecule has 0 saturated carbocycles. The molecule has 54 heavy (non-hydrogen) atoms. The second-order valence-corrected chi connectivity index (χ2v) is 13.3. The summed E-state index contributed by atoms with van der Waals surface area (Å²) in [6.45, 7) is 1.41. The van der Waals surface area contributed by atoms with Crippen molar-refractivity contribution in [3.63, 3.8) is 0 Å². The minimum absolute atomic E-state index is 0.329.